The Morgan fingerprint density at radius 2 is 1.69 bits per heavy atom. The molecule has 0 saturated heterocycles. The highest BCUT2D eigenvalue weighted by Crippen LogP contribution is 2.23. The molecule has 0 heterocycles. The Kier molecular flexibility index (Phi) is 6.26. The molecule has 2 N–H and O–H groups in total. The summed E-state index contributed by atoms with van der Waals surface area (Å²) in [7, 11) is 0. The quantitative estimate of drug-likeness (QED) is 0.364. The fourth-order valence-electron chi connectivity index (χ4n) is 2.73. The van der Waals surface area contributed by atoms with Crippen LogP contribution < -0.4 is 10.7 Å². The molecule has 0 aliphatic rings. The lowest BCUT2D eigenvalue weighted by atomic mass is 10.1. The first-order chi connectivity index (χ1) is 14.0. The molecule has 0 fully saturated rings. The van der Waals surface area contributed by atoms with Crippen LogP contribution in [-0.4, -0.2) is 23.0 Å². The molecule has 3 aromatic rings. The topological polar surface area (TPSA) is 114 Å². The molecule has 0 atom stereocenters. The van der Waals surface area contributed by atoms with E-state index in [4.69, 9.17) is 0 Å². The molecule has 146 valence electrons. The number of nitro groups is 1. The number of fused-ring (bicyclic) bond motifs is 1. The van der Waals surface area contributed by atoms with Gasteiger partial charge in [0, 0.05) is 41.6 Å². The summed E-state index contributed by atoms with van der Waals surface area (Å²) < 4.78 is 0. The highest BCUT2D eigenvalue weighted by molar-refractivity contribution is 6.02. The molecule has 0 aliphatic heterocycles. The molecule has 0 radical (unpaired) electrons. The average Bonchev–Trinajstić information content (AvgIpc) is 2.73. The summed E-state index contributed by atoms with van der Waals surface area (Å²) >= 11 is 0. The Morgan fingerprint density at radius 3 is 2.52 bits per heavy atom. The highest BCUT2D eigenvalue weighted by atomic mass is 16.6. The van der Waals surface area contributed by atoms with E-state index >= 15 is 0 Å². The smallest absolute Gasteiger partial charge is 0.270 e. The van der Waals surface area contributed by atoms with Crippen LogP contribution in [0.3, 0.4) is 0 Å². The largest absolute Gasteiger partial charge is 0.326 e. The summed E-state index contributed by atoms with van der Waals surface area (Å²) in [6, 6.07) is 19.2. The lowest BCUT2D eigenvalue weighted by Crippen LogP contribution is -2.20. The van der Waals surface area contributed by atoms with E-state index in [1.807, 2.05) is 42.5 Å². The zero-order valence-corrected chi connectivity index (χ0v) is 15.4. The number of carbonyl (C=O) groups excluding carboxylic acids is 2. The summed E-state index contributed by atoms with van der Waals surface area (Å²) in [5.74, 6) is -0.709. The van der Waals surface area contributed by atoms with Gasteiger partial charge in [-0.25, -0.2) is 5.43 Å². The number of amides is 2. The van der Waals surface area contributed by atoms with Crippen molar-refractivity contribution in [3.63, 3.8) is 0 Å². The van der Waals surface area contributed by atoms with Crippen molar-refractivity contribution in [3.8, 4) is 0 Å². The van der Waals surface area contributed by atoms with Gasteiger partial charge in [-0.1, -0.05) is 48.5 Å². The van der Waals surface area contributed by atoms with Gasteiger partial charge in [0.05, 0.1) is 11.1 Å². The maximum absolute atomic E-state index is 12.2. The molecule has 29 heavy (non-hydrogen) atoms. The number of hydrazone groups is 1. The maximum Gasteiger partial charge on any atom is 0.270 e. The van der Waals surface area contributed by atoms with Crippen LogP contribution in [0.2, 0.25) is 0 Å². The Morgan fingerprint density at radius 1 is 0.966 bits per heavy atom. The molecule has 0 aromatic heterocycles. The van der Waals surface area contributed by atoms with E-state index in [1.54, 1.807) is 6.07 Å². The fourth-order valence-corrected chi connectivity index (χ4v) is 2.73. The monoisotopic (exact) mass is 390 g/mol. The first-order valence-electron chi connectivity index (χ1n) is 8.87. The number of non-ortho nitro benzene ring substituents is 1. The lowest BCUT2D eigenvalue weighted by molar-refractivity contribution is -0.384. The van der Waals surface area contributed by atoms with Crippen LogP contribution >= 0.6 is 0 Å². The number of nitro benzene ring substituents is 1. The van der Waals surface area contributed by atoms with E-state index in [0.29, 0.717) is 11.3 Å². The molecule has 0 saturated carbocycles. The Bertz CT molecular complexity index is 1090. The van der Waals surface area contributed by atoms with Gasteiger partial charge in [-0.15, -0.1) is 0 Å². The normalized spacial score (nSPS) is 10.8. The number of carbonyl (C=O) groups is 2. The van der Waals surface area contributed by atoms with Crippen molar-refractivity contribution in [2.75, 3.05) is 5.32 Å². The van der Waals surface area contributed by atoms with Crippen molar-refractivity contribution < 1.29 is 14.5 Å². The number of benzene rings is 3. The SMILES string of the molecule is O=C(CCC(=O)Nc1cccc2ccccc12)N/N=C/c1cccc([N+](=O)[O-])c1. The van der Waals surface area contributed by atoms with E-state index in [-0.39, 0.29) is 24.4 Å². The number of hydrogen-bond acceptors (Lipinski definition) is 5. The molecule has 0 spiro atoms. The van der Waals surface area contributed by atoms with Gasteiger partial charge >= 0.3 is 0 Å². The van der Waals surface area contributed by atoms with Crippen LogP contribution in [-0.2, 0) is 9.59 Å². The van der Waals surface area contributed by atoms with E-state index in [1.165, 1.54) is 24.4 Å². The van der Waals surface area contributed by atoms with Gasteiger partial charge in [-0.3, -0.25) is 19.7 Å². The summed E-state index contributed by atoms with van der Waals surface area (Å²) in [6.07, 6.45) is 1.27. The van der Waals surface area contributed by atoms with E-state index in [0.717, 1.165) is 10.8 Å². The van der Waals surface area contributed by atoms with Gasteiger partial charge in [-0.2, -0.15) is 5.10 Å². The summed E-state index contributed by atoms with van der Waals surface area (Å²) in [4.78, 5) is 34.3. The predicted octanol–water partition coefficient (Wildman–Crippen LogP) is 3.62. The van der Waals surface area contributed by atoms with Gasteiger partial charge in [-0.05, 0) is 11.5 Å². The third kappa shape index (κ3) is 5.46. The summed E-state index contributed by atoms with van der Waals surface area (Å²) in [5.41, 5.74) is 3.42. The average molecular weight is 390 g/mol. The third-order valence-electron chi connectivity index (χ3n) is 4.13. The van der Waals surface area contributed by atoms with Crippen molar-refractivity contribution in [1.82, 2.24) is 5.43 Å². The third-order valence-corrected chi connectivity index (χ3v) is 4.13. The first kappa shape index (κ1) is 19.7. The van der Waals surface area contributed by atoms with Crippen LogP contribution in [0.1, 0.15) is 18.4 Å². The Balaban J connectivity index is 1.49. The number of anilines is 1. The van der Waals surface area contributed by atoms with E-state index in [9.17, 15) is 19.7 Å². The fraction of sp³-hybridized carbons (Fsp3) is 0.0952. The predicted molar refractivity (Wildman–Crippen MR) is 111 cm³/mol. The first-order valence-corrected chi connectivity index (χ1v) is 8.87. The molecular formula is C21H18N4O4. The van der Waals surface area contributed by atoms with Gasteiger partial charge in [0.15, 0.2) is 0 Å². The highest BCUT2D eigenvalue weighted by Gasteiger charge is 2.09. The Hall–Kier alpha value is -4.07. The van der Waals surface area contributed by atoms with Crippen LogP contribution in [0.5, 0.6) is 0 Å². The minimum atomic E-state index is -0.509. The van der Waals surface area contributed by atoms with Crippen molar-refractivity contribution in [2.24, 2.45) is 5.10 Å². The van der Waals surface area contributed by atoms with Crippen LogP contribution in [0.25, 0.3) is 10.8 Å². The number of rotatable bonds is 7. The minimum absolute atomic E-state index is 0.00137. The van der Waals surface area contributed by atoms with Gasteiger partial charge in [0.25, 0.3) is 5.69 Å². The molecule has 2 amide bonds. The zero-order chi connectivity index (χ0) is 20.6. The molecule has 3 rings (SSSR count). The lowest BCUT2D eigenvalue weighted by Gasteiger charge is -2.08. The van der Waals surface area contributed by atoms with Crippen LogP contribution in [0.4, 0.5) is 11.4 Å². The summed E-state index contributed by atoms with van der Waals surface area (Å²) in [5, 5.41) is 19.3. The van der Waals surface area contributed by atoms with E-state index < -0.39 is 10.8 Å². The molecule has 0 bridgehead atoms. The van der Waals surface area contributed by atoms with Crippen molar-refractivity contribution in [2.45, 2.75) is 12.8 Å². The molecule has 8 heteroatoms. The molecule has 0 aliphatic carbocycles. The molecule has 8 nitrogen and oxygen atoms in total. The minimum Gasteiger partial charge on any atom is -0.326 e. The van der Waals surface area contributed by atoms with Gasteiger partial charge < -0.3 is 5.32 Å². The van der Waals surface area contributed by atoms with E-state index in [2.05, 4.69) is 15.8 Å². The van der Waals surface area contributed by atoms with Gasteiger partial charge in [0.1, 0.15) is 0 Å². The van der Waals surface area contributed by atoms with Crippen molar-refractivity contribution in [1.29, 1.82) is 0 Å². The van der Waals surface area contributed by atoms with Crippen molar-refractivity contribution >= 4 is 40.2 Å². The molecule has 3 aromatic carbocycles. The Labute approximate surface area is 166 Å². The standard InChI is InChI=1S/C21H18N4O4/c26-20(23-19-10-4-7-16-6-1-2-9-18(16)19)11-12-21(27)24-22-14-15-5-3-8-17(13-15)25(28)29/h1-10,13-14H,11-12H2,(H,23,26)(H,24,27)/b22-14+. The number of hydrogen-bond donors (Lipinski definition) is 2. The second-order valence-electron chi connectivity index (χ2n) is 6.22. The van der Waals surface area contributed by atoms with Gasteiger partial charge in [0.2, 0.25) is 11.8 Å². The van der Waals surface area contributed by atoms with Crippen LogP contribution in [0, 0.1) is 10.1 Å². The second-order valence-corrected chi connectivity index (χ2v) is 6.22. The maximum atomic E-state index is 12.2. The zero-order valence-electron chi connectivity index (χ0n) is 15.4. The molecule has 0 unspecified atom stereocenters. The van der Waals surface area contributed by atoms with Crippen molar-refractivity contribution in [3.05, 3.63) is 82.4 Å². The van der Waals surface area contributed by atoms with Crippen LogP contribution in [0.15, 0.2) is 71.8 Å². The molecular weight excluding hydrogens is 372 g/mol. The summed E-state index contributed by atoms with van der Waals surface area (Å²) in [6.45, 7) is 0. The number of nitrogens with zero attached hydrogens (tertiary/aromatic N) is 2. The second kappa shape index (κ2) is 9.23. The number of nitrogens with one attached hydrogen (secondary N) is 2.